The van der Waals surface area contributed by atoms with E-state index in [1.807, 2.05) is 0 Å². The van der Waals surface area contributed by atoms with Crippen molar-refractivity contribution in [3.63, 3.8) is 0 Å². The molecule has 0 fully saturated rings. The highest BCUT2D eigenvalue weighted by atomic mass is 33.2. The van der Waals surface area contributed by atoms with Gasteiger partial charge in [0, 0.05) is 0 Å². The number of para-hydroxylation sites is 1. The molecule has 0 radical (unpaired) electrons. The SMILES string of the molecule is O=S([O-])S(=O)(=O)c1ccccc1O. The van der Waals surface area contributed by atoms with Crippen molar-refractivity contribution in [1.82, 2.24) is 0 Å². The summed E-state index contributed by atoms with van der Waals surface area (Å²) in [7, 11) is -7.72. The number of hydrogen-bond acceptors (Lipinski definition) is 5. The molecule has 1 atom stereocenters. The summed E-state index contributed by atoms with van der Waals surface area (Å²) in [6, 6.07) is 4.82. The molecule has 72 valence electrons. The second-order valence-corrected chi connectivity index (χ2v) is 6.02. The van der Waals surface area contributed by atoms with Gasteiger partial charge in [0.05, 0.1) is 10.1 Å². The van der Waals surface area contributed by atoms with Gasteiger partial charge in [-0.15, -0.1) is 0 Å². The maximum absolute atomic E-state index is 11.0. The highest BCUT2D eigenvalue weighted by Gasteiger charge is 2.18. The Labute approximate surface area is 76.6 Å². The lowest BCUT2D eigenvalue weighted by atomic mass is 10.3. The highest BCUT2D eigenvalue weighted by molar-refractivity contribution is 8.62. The average Bonchev–Trinajstić information content (AvgIpc) is 2.04. The first-order valence-corrected chi connectivity index (χ1v) is 6.16. The Bertz CT molecular complexity index is 436. The van der Waals surface area contributed by atoms with E-state index in [9.17, 15) is 17.2 Å². The number of hydrogen-bond donors (Lipinski definition) is 1. The van der Waals surface area contributed by atoms with E-state index in [1.54, 1.807) is 0 Å². The Morgan fingerprint density at radius 1 is 1.31 bits per heavy atom. The fourth-order valence-corrected chi connectivity index (χ4v) is 2.32. The lowest BCUT2D eigenvalue weighted by Gasteiger charge is -2.07. The summed E-state index contributed by atoms with van der Waals surface area (Å²) in [6.45, 7) is 0. The number of phenols is 1. The summed E-state index contributed by atoms with van der Waals surface area (Å²) in [5.41, 5.74) is 0. The summed E-state index contributed by atoms with van der Waals surface area (Å²) < 4.78 is 42.5. The predicted molar refractivity (Wildman–Crippen MR) is 44.2 cm³/mol. The molecule has 0 saturated carbocycles. The molecule has 0 bridgehead atoms. The van der Waals surface area contributed by atoms with E-state index in [0.29, 0.717) is 0 Å². The molecular formula is C6H5O5S2-. The maximum Gasteiger partial charge on any atom is 0.249 e. The van der Waals surface area contributed by atoms with Crippen LogP contribution in [0.5, 0.6) is 5.75 Å². The lowest BCUT2D eigenvalue weighted by Crippen LogP contribution is -2.07. The van der Waals surface area contributed by atoms with Gasteiger partial charge in [0.15, 0.2) is 0 Å². The molecule has 0 aliphatic carbocycles. The van der Waals surface area contributed by atoms with E-state index in [4.69, 9.17) is 5.11 Å². The first-order valence-electron chi connectivity index (χ1n) is 3.09. The first-order chi connectivity index (χ1) is 5.96. The highest BCUT2D eigenvalue weighted by Crippen LogP contribution is 2.23. The van der Waals surface area contributed by atoms with Crippen molar-refractivity contribution < 1.29 is 22.3 Å². The molecule has 5 nitrogen and oxygen atoms in total. The van der Waals surface area contributed by atoms with Gasteiger partial charge in [-0.3, -0.25) is 4.21 Å². The van der Waals surface area contributed by atoms with Gasteiger partial charge in [-0.1, -0.05) is 12.1 Å². The molecule has 0 aliphatic heterocycles. The second-order valence-electron chi connectivity index (χ2n) is 2.13. The zero-order valence-corrected chi connectivity index (χ0v) is 7.84. The average molecular weight is 221 g/mol. The van der Waals surface area contributed by atoms with Gasteiger partial charge < -0.3 is 9.66 Å². The third-order valence-corrected chi connectivity index (χ3v) is 4.17. The van der Waals surface area contributed by atoms with Crippen LogP contribution < -0.4 is 0 Å². The summed E-state index contributed by atoms with van der Waals surface area (Å²) in [4.78, 5) is -0.608. The van der Waals surface area contributed by atoms with Crippen LogP contribution in [0.1, 0.15) is 0 Å². The minimum atomic E-state index is -4.44. The van der Waals surface area contributed by atoms with Crippen LogP contribution in [0.4, 0.5) is 0 Å². The van der Waals surface area contributed by atoms with Crippen LogP contribution >= 0.6 is 0 Å². The molecule has 1 aromatic rings. The Morgan fingerprint density at radius 3 is 2.31 bits per heavy atom. The zero-order valence-electron chi connectivity index (χ0n) is 6.21. The molecule has 0 heterocycles. The largest absolute Gasteiger partial charge is 0.760 e. The maximum atomic E-state index is 11.0. The molecule has 0 spiro atoms. The smallest absolute Gasteiger partial charge is 0.249 e. The van der Waals surface area contributed by atoms with Crippen LogP contribution in [0.2, 0.25) is 0 Å². The molecule has 0 amide bonds. The van der Waals surface area contributed by atoms with Crippen molar-refractivity contribution in [2.45, 2.75) is 4.90 Å². The third-order valence-electron chi connectivity index (χ3n) is 1.31. The molecule has 1 unspecified atom stereocenters. The standard InChI is InChI=1S/C6H6O5S2/c7-5-3-1-2-4-6(5)13(10,11)12(8)9/h1-4,7H,(H,8,9)/p-1. The van der Waals surface area contributed by atoms with E-state index in [-0.39, 0.29) is 0 Å². The lowest BCUT2D eigenvalue weighted by molar-refractivity contribution is 0.459. The normalized spacial score (nSPS) is 13.9. The van der Waals surface area contributed by atoms with Gasteiger partial charge in [-0.05, 0) is 12.1 Å². The molecule has 0 aliphatic rings. The van der Waals surface area contributed by atoms with Gasteiger partial charge in [-0.2, -0.15) is 0 Å². The number of aromatic hydroxyl groups is 1. The van der Waals surface area contributed by atoms with Crippen molar-refractivity contribution in [3.05, 3.63) is 24.3 Å². The molecule has 1 N–H and O–H groups in total. The molecule has 7 heteroatoms. The van der Waals surface area contributed by atoms with Gasteiger partial charge >= 0.3 is 0 Å². The van der Waals surface area contributed by atoms with Crippen molar-refractivity contribution in [2.75, 3.05) is 0 Å². The van der Waals surface area contributed by atoms with Crippen molar-refractivity contribution in [3.8, 4) is 5.75 Å². The topological polar surface area (TPSA) is 94.5 Å². The summed E-state index contributed by atoms with van der Waals surface area (Å²) in [6.07, 6.45) is 0. The van der Waals surface area contributed by atoms with E-state index in [2.05, 4.69) is 0 Å². The minimum Gasteiger partial charge on any atom is -0.760 e. The molecule has 1 aromatic carbocycles. The molecule has 0 aromatic heterocycles. The van der Waals surface area contributed by atoms with E-state index >= 15 is 0 Å². The van der Waals surface area contributed by atoms with Crippen LogP contribution in [0.15, 0.2) is 29.2 Å². The van der Waals surface area contributed by atoms with E-state index in [0.717, 1.165) is 12.1 Å². The second kappa shape index (κ2) is 3.44. The molecule has 1 rings (SSSR count). The number of phenolic OH excluding ortho intramolecular Hbond substituents is 1. The van der Waals surface area contributed by atoms with Crippen molar-refractivity contribution >= 4 is 19.0 Å². The van der Waals surface area contributed by atoms with Crippen LogP contribution in [-0.4, -0.2) is 22.3 Å². The fraction of sp³-hybridized carbons (Fsp3) is 0. The summed E-state index contributed by atoms with van der Waals surface area (Å²) in [5.74, 6) is -0.577. The van der Waals surface area contributed by atoms with E-state index < -0.39 is 29.6 Å². The first kappa shape index (κ1) is 10.2. The Balaban J connectivity index is 3.40. The molecule has 13 heavy (non-hydrogen) atoms. The number of benzene rings is 1. The van der Waals surface area contributed by atoms with Crippen molar-refractivity contribution in [1.29, 1.82) is 0 Å². The third kappa shape index (κ3) is 1.87. The zero-order chi connectivity index (χ0) is 10.1. The minimum absolute atomic E-state index is 0.577. The quantitative estimate of drug-likeness (QED) is 0.558. The summed E-state index contributed by atoms with van der Waals surface area (Å²) in [5, 5.41) is 9.04. The Hall–Kier alpha value is -0.920. The molecule has 0 saturated heterocycles. The van der Waals surface area contributed by atoms with Crippen LogP contribution in [-0.2, 0) is 19.0 Å². The van der Waals surface area contributed by atoms with Crippen LogP contribution in [0, 0.1) is 0 Å². The Morgan fingerprint density at radius 2 is 1.85 bits per heavy atom. The fourth-order valence-electron chi connectivity index (χ4n) is 0.742. The van der Waals surface area contributed by atoms with Gasteiger partial charge in [0.1, 0.15) is 10.6 Å². The van der Waals surface area contributed by atoms with Gasteiger partial charge in [0.2, 0.25) is 8.87 Å². The van der Waals surface area contributed by atoms with Crippen LogP contribution in [0.25, 0.3) is 0 Å². The number of rotatable bonds is 2. The van der Waals surface area contributed by atoms with E-state index in [1.165, 1.54) is 12.1 Å². The molecular weight excluding hydrogens is 216 g/mol. The van der Waals surface area contributed by atoms with Crippen molar-refractivity contribution in [2.24, 2.45) is 0 Å². The predicted octanol–water partition coefficient (Wildman–Crippen LogP) is -0.0400. The monoisotopic (exact) mass is 221 g/mol. The summed E-state index contributed by atoms with van der Waals surface area (Å²) >= 11 is 0. The van der Waals surface area contributed by atoms with Crippen LogP contribution in [0.3, 0.4) is 0 Å². The Kier molecular flexibility index (Phi) is 2.69. The van der Waals surface area contributed by atoms with Gasteiger partial charge in [0.25, 0.3) is 0 Å². The van der Waals surface area contributed by atoms with Gasteiger partial charge in [-0.25, -0.2) is 8.42 Å².